The first-order valence-electron chi connectivity index (χ1n) is 10.4. The molecule has 0 spiro atoms. The van der Waals surface area contributed by atoms with Crippen LogP contribution in [0.15, 0.2) is 41.6 Å². The lowest BCUT2D eigenvalue weighted by molar-refractivity contribution is -0.113. The van der Waals surface area contributed by atoms with Crippen molar-refractivity contribution in [1.29, 1.82) is 0 Å². The highest BCUT2D eigenvalue weighted by molar-refractivity contribution is 7.99. The van der Waals surface area contributed by atoms with E-state index in [2.05, 4.69) is 15.5 Å². The summed E-state index contributed by atoms with van der Waals surface area (Å²) in [6, 6.07) is 10.2. The van der Waals surface area contributed by atoms with Crippen molar-refractivity contribution >= 4 is 40.9 Å². The van der Waals surface area contributed by atoms with Gasteiger partial charge in [-0.3, -0.25) is 4.79 Å². The van der Waals surface area contributed by atoms with E-state index in [1.807, 2.05) is 32.0 Å². The minimum Gasteiger partial charge on any atom is -0.490 e. The van der Waals surface area contributed by atoms with Crippen molar-refractivity contribution < 1.29 is 23.8 Å². The summed E-state index contributed by atoms with van der Waals surface area (Å²) in [4.78, 5) is 24.1. The number of thioether (sulfide) groups is 1. The summed E-state index contributed by atoms with van der Waals surface area (Å²) in [5, 5.41) is 11.9. The molecule has 0 saturated carbocycles. The van der Waals surface area contributed by atoms with Gasteiger partial charge in [0.2, 0.25) is 5.91 Å². The Morgan fingerprint density at radius 1 is 1.12 bits per heavy atom. The van der Waals surface area contributed by atoms with Crippen LogP contribution < -0.4 is 14.8 Å². The lowest BCUT2D eigenvalue weighted by atomic mass is 10.2. The minimum atomic E-state index is -0.519. The summed E-state index contributed by atoms with van der Waals surface area (Å²) >= 11 is 7.35. The molecule has 1 aromatic heterocycles. The van der Waals surface area contributed by atoms with E-state index in [-0.39, 0.29) is 23.8 Å². The molecule has 3 aromatic rings. The molecule has 3 rings (SSSR count). The number of esters is 1. The summed E-state index contributed by atoms with van der Waals surface area (Å²) in [7, 11) is 3.08. The Labute approximate surface area is 206 Å². The van der Waals surface area contributed by atoms with E-state index in [0.29, 0.717) is 39.8 Å². The number of hydrogen-bond donors (Lipinski definition) is 1. The molecule has 0 radical (unpaired) electrons. The van der Waals surface area contributed by atoms with Crippen molar-refractivity contribution in [2.45, 2.75) is 25.6 Å². The molecule has 0 fully saturated rings. The van der Waals surface area contributed by atoms with Crippen LogP contribution in [-0.2, 0) is 23.2 Å². The molecular weight excluding hydrogens is 480 g/mol. The predicted octanol–water partition coefficient (Wildman–Crippen LogP) is 4.27. The Morgan fingerprint density at radius 2 is 1.91 bits per heavy atom. The smallest absolute Gasteiger partial charge is 0.337 e. The van der Waals surface area contributed by atoms with Gasteiger partial charge in [-0.05, 0) is 49.7 Å². The Hall–Kier alpha value is -3.24. The van der Waals surface area contributed by atoms with Crippen LogP contribution in [0.3, 0.4) is 0 Å². The number of carbonyl (C=O) groups excluding carboxylic acids is 2. The molecule has 11 heteroatoms. The van der Waals surface area contributed by atoms with Crippen LogP contribution in [0, 0.1) is 6.92 Å². The molecule has 34 heavy (non-hydrogen) atoms. The number of aryl methyl sites for hydroxylation is 1. The van der Waals surface area contributed by atoms with Gasteiger partial charge in [0.05, 0.1) is 35.7 Å². The molecule has 9 nitrogen and oxygen atoms in total. The monoisotopic (exact) mass is 504 g/mol. The van der Waals surface area contributed by atoms with Gasteiger partial charge < -0.3 is 24.1 Å². The van der Waals surface area contributed by atoms with Crippen LogP contribution in [0.1, 0.15) is 28.7 Å². The van der Waals surface area contributed by atoms with Gasteiger partial charge in [0.1, 0.15) is 6.61 Å². The molecule has 0 saturated heterocycles. The topological polar surface area (TPSA) is 105 Å². The summed E-state index contributed by atoms with van der Waals surface area (Å²) in [6.07, 6.45) is 0. The molecule has 0 aliphatic heterocycles. The standard InChI is InChI=1S/C23H25ClN4O5S/c1-5-32-19-10-14(2)6-9-18(19)33-12-20-26-27-23(28(20)3)34-13-21(29)25-17-11-15(22(30)31-4)7-8-16(17)24/h6-11H,5,12-13H2,1-4H3,(H,25,29). The predicted molar refractivity (Wildman–Crippen MR) is 130 cm³/mol. The maximum absolute atomic E-state index is 12.4. The fourth-order valence-electron chi connectivity index (χ4n) is 2.92. The first kappa shape index (κ1) is 25.4. The van der Waals surface area contributed by atoms with Crippen molar-refractivity contribution in [3.05, 3.63) is 58.4 Å². The van der Waals surface area contributed by atoms with E-state index in [1.54, 1.807) is 11.6 Å². The summed E-state index contributed by atoms with van der Waals surface area (Å²) in [5.74, 6) is 1.13. The van der Waals surface area contributed by atoms with Crippen LogP contribution in [0.2, 0.25) is 5.02 Å². The zero-order valence-electron chi connectivity index (χ0n) is 19.3. The fourth-order valence-corrected chi connectivity index (χ4v) is 3.82. The SMILES string of the molecule is CCOc1cc(C)ccc1OCc1nnc(SCC(=O)Nc2cc(C(=O)OC)ccc2Cl)n1C. The third kappa shape index (κ3) is 6.42. The van der Waals surface area contributed by atoms with Gasteiger partial charge in [-0.1, -0.05) is 29.4 Å². The van der Waals surface area contributed by atoms with Gasteiger partial charge in [0.15, 0.2) is 22.5 Å². The van der Waals surface area contributed by atoms with E-state index >= 15 is 0 Å². The molecule has 180 valence electrons. The number of aromatic nitrogens is 3. The number of nitrogens with zero attached hydrogens (tertiary/aromatic N) is 3. The highest BCUT2D eigenvalue weighted by Crippen LogP contribution is 2.29. The number of methoxy groups -OCH3 is 1. The van der Waals surface area contributed by atoms with Gasteiger partial charge in [-0.2, -0.15) is 0 Å². The number of anilines is 1. The molecule has 0 bridgehead atoms. The fraction of sp³-hybridized carbons (Fsp3) is 0.304. The number of amides is 1. The number of rotatable bonds is 10. The largest absolute Gasteiger partial charge is 0.490 e. The first-order valence-corrected chi connectivity index (χ1v) is 11.7. The second-order valence-corrected chi connectivity index (χ2v) is 8.50. The number of halogens is 1. The molecule has 0 aliphatic rings. The average Bonchev–Trinajstić information content (AvgIpc) is 3.17. The minimum absolute atomic E-state index is 0.0675. The summed E-state index contributed by atoms with van der Waals surface area (Å²) in [6.45, 7) is 4.62. The highest BCUT2D eigenvalue weighted by atomic mass is 35.5. The van der Waals surface area contributed by atoms with E-state index in [9.17, 15) is 9.59 Å². The van der Waals surface area contributed by atoms with Gasteiger partial charge in [-0.25, -0.2) is 4.79 Å². The van der Waals surface area contributed by atoms with E-state index in [0.717, 1.165) is 5.56 Å². The van der Waals surface area contributed by atoms with E-state index in [4.69, 9.17) is 25.8 Å². The number of carbonyl (C=O) groups is 2. The number of hydrogen-bond acceptors (Lipinski definition) is 8. The Morgan fingerprint density at radius 3 is 2.65 bits per heavy atom. The third-order valence-corrected chi connectivity index (χ3v) is 6.02. The maximum atomic E-state index is 12.4. The van der Waals surface area contributed by atoms with E-state index in [1.165, 1.54) is 37.1 Å². The van der Waals surface area contributed by atoms with Crippen molar-refractivity contribution in [3.8, 4) is 11.5 Å². The van der Waals surface area contributed by atoms with Gasteiger partial charge >= 0.3 is 5.97 Å². The molecule has 1 N–H and O–H groups in total. The number of ether oxygens (including phenoxy) is 3. The van der Waals surface area contributed by atoms with Crippen molar-refractivity contribution in [2.24, 2.45) is 7.05 Å². The molecule has 1 heterocycles. The molecule has 0 unspecified atom stereocenters. The molecule has 0 aliphatic carbocycles. The first-order chi connectivity index (χ1) is 16.3. The molecule has 0 atom stereocenters. The molecule has 1 amide bonds. The molecular formula is C23H25ClN4O5S. The average molecular weight is 505 g/mol. The van der Waals surface area contributed by atoms with Crippen molar-refractivity contribution in [1.82, 2.24) is 14.8 Å². The Balaban J connectivity index is 1.59. The van der Waals surface area contributed by atoms with Crippen LogP contribution in [0.4, 0.5) is 5.69 Å². The van der Waals surface area contributed by atoms with Crippen molar-refractivity contribution in [3.63, 3.8) is 0 Å². The third-order valence-electron chi connectivity index (χ3n) is 4.67. The maximum Gasteiger partial charge on any atom is 0.337 e. The second kappa shape index (κ2) is 11.8. The molecule has 2 aromatic carbocycles. The second-order valence-electron chi connectivity index (χ2n) is 7.15. The van der Waals surface area contributed by atoms with Gasteiger partial charge in [0.25, 0.3) is 0 Å². The van der Waals surface area contributed by atoms with Crippen LogP contribution in [-0.4, -0.2) is 46.1 Å². The van der Waals surface area contributed by atoms with Gasteiger partial charge in [0, 0.05) is 7.05 Å². The Kier molecular flexibility index (Phi) is 8.78. The normalized spacial score (nSPS) is 10.6. The lowest BCUT2D eigenvalue weighted by Gasteiger charge is -2.12. The summed E-state index contributed by atoms with van der Waals surface area (Å²) in [5.41, 5.74) is 1.68. The van der Waals surface area contributed by atoms with Crippen LogP contribution in [0.25, 0.3) is 0 Å². The Bertz CT molecular complexity index is 1180. The van der Waals surface area contributed by atoms with Crippen LogP contribution in [0.5, 0.6) is 11.5 Å². The van der Waals surface area contributed by atoms with Crippen LogP contribution >= 0.6 is 23.4 Å². The van der Waals surface area contributed by atoms with E-state index < -0.39 is 5.97 Å². The highest BCUT2D eigenvalue weighted by Gasteiger charge is 2.15. The quantitative estimate of drug-likeness (QED) is 0.322. The lowest BCUT2D eigenvalue weighted by Crippen LogP contribution is -2.15. The number of benzene rings is 2. The van der Waals surface area contributed by atoms with Crippen molar-refractivity contribution in [2.75, 3.05) is 24.8 Å². The zero-order valence-corrected chi connectivity index (χ0v) is 20.8. The van der Waals surface area contributed by atoms with Gasteiger partial charge in [-0.15, -0.1) is 10.2 Å². The summed E-state index contributed by atoms with van der Waals surface area (Å²) < 4.78 is 18.0. The zero-order chi connectivity index (χ0) is 24.7. The number of nitrogens with one attached hydrogen (secondary N) is 1.